The number of carboxylic acids is 1. The number of aliphatic carboxylic acids is 1. The summed E-state index contributed by atoms with van der Waals surface area (Å²) >= 11 is 0. The number of hydrogen-bond donors (Lipinski definition) is 2. The first kappa shape index (κ1) is 8.97. The molecule has 1 aliphatic carbocycles. The summed E-state index contributed by atoms with van der Waals surface area (Å²) in [5, 5.41) is 12.4. The Morgan fingerprint density at radius 2 is 2.15 bits per heavy atom. The summed E-state index contributed by atoms with van der Waals surface area (Å²) in [5.41, 5.74) is 0. The first-order valence-electron chi connectivity index (χ1n) is 4.84. The largest absolute Gasteiger partial charge is 0.481 e. The van der Waals surface area contributed by atoms with Gasteiger partial charge in [-0.25, -0.2) is 0 Å². The molecule has 1 heterocycles. The maximum Gasteiger partial charge on any atom is 0.309 e. The number of carboxylic acid groups (broad SMARTS) is 1. The maximum atomic E-state index is 10.9. The molecule has 2 rings (SSSR count). The highest BCUT2D eigenvalue weighted by Crippen LogP contribution is 2.24. The molecule has 2 N–H and O–H groups in total. The van der Waals surface area contributed by atoms with Gasteiger partial charge in [-0.15, -0.1) is 0 Å². The van der Waals surface area contributed by atoms with Gasteiger partial charge in [-0.05, 0) is 19.9 Å². The number of likely N-dealkylation sites (N-methyl/N-ethyl adjacent to an activating group) is 1. The van der Waals surface area contributed by atoms with Crippen LogP contribution in [0.4, 0.5) is 0 Å². The van der Waals surface area contributed by atoms with Crippen molar-refractivity contribution in [1.29, 1.82) is 0 Å². The van der Waals surface area contributed by atoms with Gasteiger partial charge in [0, 0.05) is 25.2 Å². The predicted octanol–water partition coefficient (Wildman–Crippen LogP) is -0.247. The molecule has 74 valence electrons. The van der Waals surface area contributed by atoms with Crippen molar-refractivity contribution >= 4 is 5.97 Å². The lowest BCUT2D eigenvalue weighted by atomic mass is 10.0. The molecule has 1 saturated carbocycles. The molecule has 0 aromatic heterocycles. The van der Waals surface area contributed by atoms with Gasteiger partial charge in [-0.3, -0.25) is 4.79 Å². The Labute approximate surface area is 77.9 Å². The second-order valence-electron chi connectivity index (χ2n) is 4.21. The van der Waals surface area contributed by atoms with Crippen molar-refractivity contribution in [1.82, 2.24) is 10.2 Å². The minimum atomic E-state index is -0.664. The van der Waals surface area contributed by atoms with Crippen LogP contribution in [0.5, 0.6) is 0 Å². The van der Waals surface area contributed by atoms with Crippen molar-refractivity contribution in [2.45, 2.75) is 24.9 Å². The lowest BCUT2D eigenvalue weighted by molar-refractivity contribution is -0.141. The van der Waals surface area contributed by atoms with Crippen LogP contribution in [0, 0.1) is 5.92 Å². The summed E-state index contributed by atoms with van der Waals surface area (Å²) in [7, 11) is 1.98. The van der Waals surface area contributed by atoms with Gasteiger partial charge in [0.15, 0.2) is 0 Å². The molecule has 0 radical (unpaired) electrons. The van der Waals surface area contributed by atoms with Gasteiger partial charge in [-0.1, -0.05) is 0 Å². The first-order chi connectivity index (χ1) is 6.16. The molecule has 1 saturated heterocycles. The molecule has 0 bridgehead atoms. The number of hydrogen-bond acceptors (Lipinski definition) is 3. The second-order valence-corrected chi connectivity index (χ2v) is 4.21. The Hall–Kier alpha value is -0.610. The summed E-state index contributed by atoms with van der Waals surface area (Å²) in [4.78, 5) is 13.0. The van der Waals surface area contributed by atoms with E-state index in [0.717, 1.165) is 6.54 Å². The standard InChI is InChI=1S/C9H16N2O2/c1-11-4-7(9(12)13)8(5-11)10-6-2-3-6/h6-8,10H,2-5H2,1H3,(H,12,13). The SMILES string of the molecule is CN1CC(NC2CC2)C(C(=O)O)C1. The van der Waals surface area contributed by atoms with Crippen molar-refractivity contribution in [3.05, 3.63) is 0 Å². The van der Waals surface area contributed by atoms with Crippen LogP contribution >= 0.6 is 0 Å². The summed E-state index contributed by atoms with van der Waals surface area (Å²) in [6.45, 7) is 1.55. The van der Waals surface area contributed by atoms with E-state index in [1.807, 2.05) is 7.05 Å². The van der Waals surface area contributed by atoms with Crippen LogP contribution in [0.3, 0.4) is 0 Å². The number of rotatable bonds is 3. The van der Waals surface area contributed by atoms with Gasteiger partial charge in [0.1, 0.15) is 0 Å². The van der Waals surface area contributed by atoms with E-state index < -0.39 is 5.97 Å². The van der Waals surface area contributed by atoms with Crippen molar-refractivity contribution in [3.63, 3.8) is 0 Å². The molecule has 0 aromatic carbocycles. The summed E-state index contributed by atoms with van der Waals surface area (Å²) in [5.74, 6) is -0.881. The highest BCUT2D eigenvalue weighted by molar-refractivity contribution is 5.71. The molecular weight excluding hydrogens is 168 g/mol. The van der Waals surface area contributed by atoms with E-state index in [4.69, 9.17) is 5.11 Å². The fraction of sp³-hybridized carbons (Fsp3) is 0.889. The van der Waals surface area contributed by atoms with E-state index in [0.29, 0.717) is 12.6 Å². The van der Waals surface area contributed by atoms with Crippen LogP contribution in [-0.4, -0.2) is 48.2 Å². The maximum absolute atomic E-state index is 10.9. The third kappa shape index (κ3) is 2.00. The Balaban J connectivity index is 1.93. The highest BCUT2D eigenvalue weighted by Gasteiger charge is 2.38. The molecule has 13 heavy (non-hydrogen) atoms. The fourth-order valence-corrected chi connectivity index (χ4v) is 1.97. The Morgan fingerprint density at radius 3 is 2.69 bits per heavy atom. The first-order valence-corrected chi connectivity index (χ1v) is 4.84. The van der Waals surface area contributed by atoms with Crippen LogP contribution in [0.1, 0.15) is 12.8 Å². The van der Waals surface area contributed by atoms with Crippen molar-refractivity contribution in [2.75, 3.05) is 20.1 Å². The van der Waals surface area contributed by atoms with Gasteiger partial charge in [0.25, 0.3) is 0 Å². The van der Waals surface area contributed by atoms with E-state index in [-0.39, 0.29) is 12.0 Å². The number of nitrogens with one attached hydrogen (secondary N) is 1. The normalized spacial score (nSPS) is 35.2. The zero-order chi connectivity index (χ0) is 9.42. The van der Waals surface area contributed by atoms with E-state index in [2.05, 4.69) is 10.2 Å². The highest BCUT2D eigenvalue weighted by atomic mass is 16.4. The lowest BCUT2D eigenvalue weighted by Gasteiger charge is -2.15. The lowest BCUT2D eigenvalue weighted by Crippen LogP contribution is -2.40. The Bertz CT molecular complexity index is 216. The molecule has 0 spiro atoms. The third-order valence-corrected chi connectivity index (χ3v) is 2.85. The molecular formula is C9H16N2O2. The minimum Gasteiger partial charge on any atom is -0.481 e. The molecule has 4 nitrogen and oxygen atoms in total. The smallest absolute Gasteiger partial charge is 0.309 e. The van der Waals surface area contributed by atoms with Crippen molar-refractivity contribution < 1.29 is 9.90 Å². The van der Waals surface area contributed by atoms with E-state index >= 15 is 0 Å². The average molecular weight is 184 g/mol. The molecule has 2 aliphatic rings. The van der Waals surface area contributed by atoms with Crippen LogP contribution in [0.25, 0.3) is 0 Å². The van der Waals surface area contributed by atoms with Crippen molar-refractivity contribution in [2.24, 2.45) is 5.92 Å². The third-order valence-electron chi connectivity index (χ3n) is 2.85. The zero-order valence-electron chi connectivity index (χ0n) is 7.86. The van der Waals surface area contributed by atoms with Crippen LogP contribution in [-0.2, 0) is 4.79 Å². The van der Waals surface area contributed by atoms with Gasteiger partial charge < -0.3 is 15.3 Å². The van der Waals surface area contributed by atoms with Crippen LogP contribution in [0.15, 0.2) is 0 Å². The second kappa shape index (κ2) is 3.27. The number of carbonyl (C=O) groups is 1. The molecule has 2 fully saturated rings. The Morgan fingerprint density at radius 1 is 1.46 bits per heavy atom. The fourth-order valence-electron chi connectivity index (χ4n) is 1.97. The van der Waals surface area contributed by atoms with Gasteiger partial charge in [0.05, 0.1) is 5.92 Å². The quantitative estimate of drug-likeness (QED) is 0.635. The number of nitrogens with zero attached hydrogens (tertiary/aromatic N) is 1. The van der Waals surface area contributed by atoms with Gasteiger partial charge >= 0.3 is 5.97 Å². The van der Waals surface area contributed by atoms with Crippen LogP contribution in [0.2, 0.25) is 0 Å². The predicted molar refractivity (Wildman–Crippen MR) is 48.6 cm³/mol. The van der Waals surface area contributed by atoms with Crippen molar-refractivity contribution in [3.8, 4) is 0 Å². The molecule has 4 heteroatoms. The summed E-state index contributed by atoms with van der Waals surface area (Å²) in [6, 6.07) is 0.758. The topological polar surface area (TPSA) is 52.6 Å². The molecule has 0 aromatic rings. The Kier molecular flexibility index (Phi) is 2.26. The summed E-state index contributed by atoms with van der Waals surface area (Å²) < 4.78 is 0. The molecule has 1 aliphatic heterocycles. The van der Waals surface area contributed by atoms with Gasteiger partial charge in [0.2, 0.25) is 0 Å². The molecule has 2 atom stereocenters. The molecule has 2 unspecified atom stereocenters. The minimum absolute atomic E-state index is 0.162. The van der Waals surface area contributed by atoms with Gasteiger partial charge in [-0.2, -0.15) is 0 Å². The number of likely N-dealkylation sites (tertiary alicyclic amines) is 1. The molecule has 0 amide bonds. The average Bonchev–Trinajstić information content (AvgIpc) is 2.75. The van der Waals surface area contributed by atoms with E-state index in [1.165, 1.54) is 12.8 Å². The van der Waals surface area contributed by atoms with Crippen LogP contribution < -0.4 is 5.32 Å². The monoisotopic (exact) mass is 184 g/mol. The van der Waals surface area contributed by atoms with E-state index in [9.17, 15) is 4.79 Å². The van der Waals surface area contributed by atoms with E-state index in [1.54, 1.807) is 0 Å². The zero-order valence-corrected chi connectivity index (χ0v) is 7.86. The summed E-state index contributed by atoms with van der Waals surface area (Å²) in [6.07, 6.45) is 2.43.